The summed E-state index contributed by atoms with van der Waals surface area (Å²) in [5, 5.41) is 9.51. The highest BCUT2D eigenvalue weighted by molar-refractivity contribution is 6.31. The van der Waals surface area contributed by atoms with Crippen molar-refractivity contribution >= 4 is 17.6 Å². The fourth-order valence-electron chi connectivity index (χ4n) is 2.58. The molecular weight excluding hydrogens is 266 g/mol. The van der Waals surface area contributed by atoms with E-state index in [1.807, 2.05) is 18.2 Å². The first-order chi connectivity index (χ1) is 9.10. The zero-order valence-corrected chi connectivity index (χ0v) is 11.7. The molecule has 1 saturated heterocycles. The Hall–Kier alpha value is -1.26. The van der Waals surface area contributed by atoms with Crippen LogP contribution in [0.4, 0.5) is 0 Å². The molecule has 2 rings (SSSR count). The second-order valence-electron chi connectivity index (χ2n) is 4.91. The minimum Gasteiger partial charge on any atom is -0.496 e. The number of carboxylic acid groups (broad SMARTS) is 1. The fraction of sp³-hybridized carbons (Fsp3) is 0.500. The van der Waals surface area contributed by atoms with Gasteiger partial charge >= 0.3 is 5.97 Å². The summed E-state index contributed by atoms with van der Waals surface area (Å²) in [5.74, 6) is 0.308. The molecule has 4 nitrogen and oxygen atoms in total. The molecule has 1 aromatic rings. The van der Waals surface area contributed by atoms with Gasteiger partial charge < -0.3 is 9.84 Å². The number of halogens is 1. The number of benzene rings is 1. The van der Waals surface area contributed by atoms with Gasteiger partial charge in [-0.2, -0.15) is 0 Å². The molecule has 0 bridgehead atoms. The molecule has 5 heteroatoms. The van der Waals surface area contributed by atoms with Crippen molar-refractivity contribution in [3.05, 3.63) is 28.8 Å². The number of hydrogen-bond donors (Lipinski definition) is 1. The number of nitrogens with zero attached hydrogens (tertiary/aromatic N) is 1. The summed E-state index contributed by atoms with van der Waals surface area (Å²) >= 11 is 6.21. The second kappa shape index (κ2) is 6.26. The van der Waals surface area contributed by atoms with E-state index in [0.29, 0.717) is 11.6 Å². The molecule has 0 radical (unpaired) electrons. The first-order valence-electron chi connectivity index (χ1n) is 6.35. The molecule has 0 aromatic heterocycles. The summed E-state index contributed by atoms with van der Waals surface area (Å²) in [6.45, 7) is 2.42. The molecule has 1 atom stereocenters. The molecule has 1 aliphatic rings. The van der Waals surface area contributed by atoms with Crippen LogP contribution in [0.1, 0.15) is 18.4 Å². The van der Waals surface area contributed by atoms with Gasteiger partial charge in [-0.3, -0.25) is 9.69 Å². The summed E-state index contributed by atoms with van der Waals surface area (Å²) in [5.41, 5.74) is 0.975. The van der Waals surface area contributed by atoms with Crippen LogP contribution in [-0.4, -0.2) is 36.2 Å². The van der Waals surface area contributed by atoms with E-state index in [2.05, 4.69) is 4.90 Å². The first kappa shape index (κ1) is 14.2. The molecule has 1 unspecified atom stereocenters. The average molecular weight is 284 g/mol. The lowest BCUT2D eigenvalue weighted by Gasteiger charge is -2.18. The van der Waals surface area contributed by atoms with Crippen molar-refractivity contribution in [2.75, 3.05) is 20.2 Å². The molecule has 0 spiro atoms. The smallest absolute Gasteiger partial charge is 0.303 e. The third kappa shape index (κ3) is 3.61. The maximum absolute atomic E-state index is 10.7. The third-order valence-electron chi connectivity index (χ3n) is 3.51. The van der Waals surface area contributed by atoms with Crippen LogP contribution in [0.2, 0.25) is 5.02 Å². The lowest BCUT2D eigenvalue weighted by atomic mass is 10.1. The average Bonchev–Trinajstić information content (AvgIpc) is 2.78. The Morgan fingerprint density at radius 3 is 3.05 bits per heavy atom. The predicted octanol–water partition coefficient (Wildman–Crippen LogP) is 2.65. The summed E-state index contributed by atoms with van der Waals surface area (Å²) in [7, 11) is 1.63. The number of carbonyl (C=O) groups is 1. The van der Waals surface area contributed by atoms with E-state index in [-0.39, 0.29) is 12.3 Å². The fourth-order valence-corrected chi connectivity index (χ4v) is 2.80. The molecule has 19 heavy (non-hydrogen) atoms. The minimum atomic E-state index is -0.720. The van der Waals surface area contributed by atoms with Crippen LogP contribution in [0.25, 0.3) is 0 Å². The van der Waals surface area contributed by atoms with Crippen LogP contribution in [0, 0.1) is 5.92 Å². The van der Waals surface area contributed by atoms with Gasteiger partial charge in [-0.15, -0.1) is 0 Å². The maximum Gasteiger partial charge on any atom is 0.303 e. The number of rotatable bonds is 5. The normalized spacial score (nSPS) is 19.6. The van der Waals surface area contributed by atoms with Gasteiger partial charge in [0.15, 0.2) is 0 Å². The summed E-state index contributed by atoms with van der Waals surface area (Å²) in [4.78, 5) is 12.9. The van der Waals surface area contributed by atoms with Crippen LogP contribution in [0.3, 0.4) is 0 Å². The largest absolute Gasteiger partial charge is 0.496 e. The molecule has 0 saturated carbocycles. The summed E-state index contributed by atoms with van der Waals surface area (Å²) < 4.78 is 5.32. The van der Waals surface area contributed by atoms with Gasteiger partial charge in [-0.1, -0.05) is 17.7 Å². The van der Waals surface area contributed by atoms with Crippen molar-refractivity contribution in [2.24, 2.45) is 5.92 Å². The quantitative estimate of drug-likeness (QED) is 0.902. The molecule has 1 heterocycles. The second-order valence-corrected chi connectivity index (χ2v) is 5.32. The van der Waals surface area contributed by atoms with Gasteiger partial charge in [-0.05, 0) is 31.0 Å². The van der Waals surface area contributed by atoms with E-state index in [0.717, 1.165) is 30.8 Å². The van der Waals surface area contributed by atoms with E-state index < -0.39 is 5.97 Å². The molecule has 104 valence electrons. The maximum atomic E-state index is 10.7. The first-order valence-corrected chi connectivity index (χ1v) is 6.73. The van der Waals surface area contributed by atoms with Crippen LogP contribution >= 0.6 is 11.6 Å². The van der Waals surface area contributed by atoms with E-state index in [1.54, 1.807) is 7.11 Å². The molecule has 0 aliphatic carbocycles. The summed E-state index contributed by atoms with van der Waals surface area (Å²) in [6, 6.07) is 5.61. The highest BCUT2D eigenvalue weighted by Crippen LogP contribution is 2.30. The van der Waals surface area contributed by atoms with Gasteiger partial charge in [0.25, 0.3) is 0 Å². The van der Waals surface area contributed by atoms with Gasteiger partial charge in [-0.25, -0.2) is 0 Å². The zero-order chi connectivity index (χ0) is 13.8. The number of methoxy groups -OCH3 is 1. The topological polar surface area (TPSA) is 49.8 Å². The van der Waals surface area contributed by atoms with Gasteiger partial charge in [0.05, 0.1) is 7.11 Å². The Morgan fingerprint density at radius 1 is 1.58 bits per heavy atom. The number of carboxylic acids is 1. The number of likely N-dealkylation sites (tertiary alicyclic amines) is 1. The van der Waals surface area contributed by atoms with Crippen LogP contribution < -0.4 is 4.74 Å². The van der Waals surface area contributed by atoms with E-state index in [1.165, 1.54) is 0 Å². The monoisotopic (exact) mass is 283 g/mol. The highest BCUT2D eigenvalue weighted by Gasteiger charge is 2.25. The van der Waals surface area contributed by atoms with Crippen molar-refractivity contribution in [1.29, 1.82) is 0 Å². The number of hydrogen-bond acceptors (Lipinski definition) is 3. The minimum absolute atomic E-state index is 0.242. The van der Waals surface area contributed by atoms with Crippen LogP contribution in [0.15, 0.2) is 18.2 Å². The Kier molecular flexibility index (Phi) is 4.66. The Balaban J connectivity index is 2.01. The molecule has 1 fully saturated rings. The number of aliphatic carboxylic acids is 1. The molecule has 1 aromatic carbocycles. The van der Waals surface area contributed by atoms with Crippen molar-refractivity contribution in [2.45, 2.75) is 19.4 Å². The van der Waals surface area contributed by atoms with Gasteiger partial charge in [0.1, 0.15) is 5.75 Å². The van der Waals surface area contributed by atoms with E-state index >= 15 is 0 Å². The number of ether oxygens (including phenoxy) is 1. The third-order valence-corrected chi connectivity index (χ3v) is 3.86. The van der Waals surface area contributed by atoms with Crippen molar-refractivity contribution in [3.63, 3.8) is 0 Å². The van der Waals surface area contributed by atoms with Crippen LogP contribution in [0.5, 0.6) is 5.75 Å². The van der Waals surface area contributed by atoms with E-state index in [9.17, 15) is 4.79 Å². The van der Waals surface area contributed by atoms with E-state index in [4.69, 9.17) is 21.4 Å². The molecule has 1 N–H and O–H groups in total. The summed E-state index contributed by atoms with van der Waals surface area (Å²) in [6.07, 6.45) is 1.18. The van der Waals surface area contributed by atoms with Crippen molar-refractivity contribution < 1.29 is 14.6 Å². The van der Waals surface area contributed by atoms with Crippen LogP contribution in [-0.2, 0) is 11.3 Å². The van der Waals surface area contributed by atoms with Crippen molar-refractivity contribution in [1.82, 2.24) is 4.90 Å². The van der Waals surface area contributed by atoms with Crippen molar-refractivity contribution in [3.8, 4) is 5.75 Å². The SMILES string of the molecule is COc1cccc(Cl)c1CN1CCC(CC(=O)O)C1. The van der Waals surface area contributed by atoms with Gasteiger partial charge in [0, 0.05) is 30.1 Å². The Bertz CT molecular complexity index is 464. The van der Waals surface area contributed by atoms with Gasteiger partial charge in [0.2, 0.25) is 0 Å². The Labute approximate surface area is 117 Å². The zero-order valence-electron chi connectivity index (χ0n) is 10.9. The predicted molar refractivity (Wildman–Crippen MR) is 73.6 cm³/mol. The lowest BCUT2D eigenvalue weighted by molar-refractivity contribution is -0.138. The molecule has 0 amide bonds. The highest BCUT2D eigenvalue weighted by atomic mass is 35.5. The Morgan fingerprint density at radius 2 is 2.37 bits per heavy atom. The molecule has 1 aliphatic heterocycles. The standard InChI is InChI=1S/C14H18ClNO3/c1-19-13-4-2-3-12(15)11(13)9-16-6-5-10(8-16)7-14(17)18/h2-4,10H,5-9H2,1H3,(H,17,18). The molecular formula is C14H18ClNO3. The lowest BCUT2D eigenvalue weighted by Crippen LogP contribution is -2.21.